The molecule has 1 aromatic carbocycles. The summed E-state index contributed by atoms with van der Waals surface area (Å²) in [7, 11) is 0. The van der Waals surface area contributed by atoms with E-state index in [1.165, 1.54) is 0 Å². The van der Waals surface area contributed by atoms with Crippen molar-refractivity contribution in [1.82, 2.24) is 14.7 Å². The van der Waals surface area contributed by atoms with Crippen molar-refractivity contribution in [1.29, 1.82) is 0 Å². The number of hydrogen-bond donors (Lipinski definition) is 1. The number of benzene rings is 1. The van der Waals surface area contributed by atoms with Gasteiger partial charge in [-0.15, -0.1) is 0 Å². The number of amides is 1. The van der Waals surface area contributed by atoms with E-state index in [0.717, 1.165) is 51.3 Å². The van der Waals surface area contributed by atoms with E-state index in [0.29, 0.717) is 18.4 Å². The molecule has 3 fully saturated rings. The maximum Gasteiger partial charge on any atom is 0.227 e. The lowest BCUT2D eigenvalue weighted by atomic mass is 9.83. The summed E-state index contributed by atoms with van der Waals surface area (Å²) in [5, 5.41) is 10.2. The first kappa shape index (κ1) is 18.0. The SMILES string of the molecule is CC(C)CN1CC2(C1)CN(C(=O)Cc1ccccc1)C[C@@H]1C[C@@H](O)CN12. The highest BCUT2D eigenvalue weighted by Crippen LogP contribution is 2.39. The number of carbonyl (C=O) groups excluding carboxylic acids is 1. The molecular formula is C21H31N3O2. The summed E-state index contributed by atoms with van der Waals surface area (Å²) in [5.74, 6) is 0.880. The molecule has 142 valence electrons. The molecule has 0 radical (unpaired) electrons. The largest absolute Gasteiger partial charge is 0.392 e. The van der Waals surface area contributed by atoms with Crippen LogP contribution in [0.3, 0.4) is 0 Å². The van der Waals surface area contributed by atoms with Gasteiger partial charge in [0.2, 0.25) is 5.91 Å². The fraction of sp³-hybridized carbons (Fsp3) is 0.667. The molecule has 3 heterocycles. The smallest absolute Gasteiger partial charge is 0.227 e. The van der Waals surface area contributed by atoms with Crippen LogP contribution >= 0.6 is 0 Å². The molecule has 0 bridgehead atoms. The third kappa shape index (κ3) is 3.40. The van der Waals surface area contributed by atoms with Gasteiger partial charge in [-0.1, -0.05) is 44.2 Å². The third-order valence-corrected chi connectivity index (χ3v) is 6.13. The first-order valence-electron chi connectivity index (χ1n) is 9.94. The maximum absolute atomic E-state index is 13.0. The number of aliphatic hydroxyl groups excluding tert-OH is 1. The molecule has 4 rings (SSSR count). The first-order chi connectivity index (χ1) is 12.4. The van der Waals surface area contributed by atoms with Crippen LogP contribution in [-0.4, -0.2) is 82.7 Å². The molecule has 3 aliphatic rings. The lowest BCUT2D eigenvalue weighted by Crippen LogP contribution is -2.78. The molecule has 1 N–H and O–H groups in total. The number of aliphatic hydroxyl groups is 1. The van der Waals surface area contributed by atoms with Crippen LogP contribution in [0.1, 0.15) is 25.8 Å². The van der Waals surface area contributed by atoms with Crippen molar-refractivity contribution in [3.05, 3.63) is 35.9 Å². The van der Waals surface area contributed by atoms with Crippen molar-refractivity contribution >= 4 is 5.91 Å². The van der Waals surface area contributed by atoms with Gasteiger partial charge in [-0.3, -0.25) is 14.6 Å². The number of rotatable bonds is 4. The molecule has 2 atom stereocenters. The van der Waals surface area contributed by atoms with Gasteiger partial charge in [-0.2, -0.15) is 0 Å². The van der Waals surface area contributed by atoms with E-state index in [4.69, 9.17) is 0 Å². The molecule has 5 heteroatoms. The highest BCUT2D eigenvalue weighted by atomic mass is 16.3. The molecule has 1 aromatic rings. The van der Waals surface area contributed by atoms with E-state index >= 15 is 0 Å². The second kappa shape index (κ2) is 6.95. The van der Waals surface area contributed by atoms with Gasteiger partial charge in [0, 0.05) is 45.3 Å². The molecule has 3 aliphatic heterocycles. The van der Waals surface area contributed by atoms with Crippen LogP contribution in [0.4, 0.5) is 0 Å². The van der Waals surface area contributed by atoms with Crippen LogP contribution < -0.4 is 0 Å². The Kier molecular flexibility index (Phi) is 4.80. The monoisotopic (exact) mass is 357 g/mol. The minimum atomic E-state index is -0.250. The van der Waals surface area contributed by atoms with Crippen molar-refractivity contribution in [2.75, 3.05) is 39.3 Å². The van der Waals surface area contributed by atoms with Gasteiger partial charge in [0.15, 0.2) is 0 Å². The van der Waals surface area contributed by atoms with Gasteiger partial charge in [-0.05, 0) is 17.9 Å². The zero-order valence-corrected chi connectivity index (χ0v) is 16.0. The van der Waals surface area contributed by atoms with Crippen molar-refractivity contribution in [2.45, 2.75) is 44.4 Å². The van der Waals surface area contributed by atoms with E-state index in [1.54, 1.807) is 0 Å². The van der Waals surface area contributed by atoms with E-state index in [-0.39, 0.29) is 17.6 Å². The molecule has 1 amide bonds. The topological polar surface area (TPSA) is 47.0 Å². The van der Waals surface area contributed by atoms with Gasteiger partial charge in [0.1, 0.15) is 0 Å². The predicted molar refractivity (Wildman–Crippen MR) is 102 cm³/mol. The lowest BCUT2D eigenvalue weighted by Gasteiger charge is -2.61. The lowest BCUT2D eigenvalue weighted by molar-refractivity contribution is -0.150. The molecule has 0 aromatic heterocycles. The number of nitrogens with zero attached hydrogens (tertiary/aromatic N) is 3. The Bertz CT molecular complexity index is 642. The Morgan fingerprint density at radius 3 is 2.62 bits per heavy atom. The Balaban J connectivity index is 1.47. The second-order valence-corrected chi connectivity index (χ2v) is 8.92. The molecule has 5 nitrogen and oxygen atoms in total. The van der Waals surface area contributed by atoms with Crippen molar-refractivity contribution in [2.24, 2.45) is 5.92 Å². The van der Waals surface area contributed by atoms with Crippen molar-refractivity contribution in [3.8, 4) is 0 Å². The van der Waals surface area contributed by atoms with Gasteiger partial charge in [0.05, 0.1) is 18.1 Å². The summed E-state index contributed by atoms with van der Waals surface area (Å²) in [5.41, 5.74) is 1.12. The molecule has 0 aliphatic carbocycles. The molecular weight excluding hydrogens is 326 g/mol. The van der Waals surface area contributed by atoms with Crippen molar-refractivity contribution < 1.29 is 9.90 Å². The summed E-state index contributed by atoms with van der Waals surface area (Å²) < 4.78 is 0. The van der Waals surface area contributed by atoms with Crippen LogP contribution in [0.5, 0.6) is 0 Å². The number of hydrogen-bond acceptors (Lipinski definition) is 4. The third-order valence-electron chi connectivity index (χ3n) is 6.13. The fourth-order valence-electron chi connectivity index (χ4n) is 5.20. The zero-order chi connectivity index (χ0) is 18.3. The molecule has 0 unspecified atom stereocenters. The van der Waals surface area contributed by atoms with Crippen LogP contribution in [0.2, 0.25) is 0 Å². The average Bonchev–Trinajstić information content (AvgIpc) is 2.94. The summed E-state index contributed by atoms with van der Waals surface area (Å²) in [6.45, 7) is 9.98. The Morgan fingerprint density at radius 1 is 1.19 bits per heavy atom. The summed E-state index contributed by atoms with van der Waals surface area (Å²) in [4.78, 5) is 20.0. The normalized spacial score (nSPS) is 28.4. The first-order valence-corrected chi connectivity index (χ1v) is 9.94. The summed E-state index contributed by atoms with van der Waals surface area (Å²) in [6.07, 6.45) is 1.02. The maximum atomic E-state index is 13.0. The van der Waals surface area contributed by atoms with Gasteiger partial charge in [0.25, 0.3) is 0 Å². The van der Waals surface area contributed by atoms with E-state index < -0.39 is 0 Å². The van der Waals surface area contributed by atoms with Gasteiger partial charge >= 0.3 is 0 Å². The Hall–Kier alpha value is -1.43. The van der Waals surface area contributed by atoms with Crippen molar-refractivity contribution in [3.63, 3.8) is 0 Å². The minimum absolute atomic E-state index is 0.0433. The zero-order valence-electron chi connectivity index (χ0n) is 16.0. The molecule has 1 spiro atoms. The van der Waals surface area contributed by atoms with Crippen LogP contribution in [-0.2, 0) is 11.2 Å². The van der Waals surface area contributed by atoms with Gasteiger partial charge in [-0.25, -0.2) is 0 Å². The van der Waals surface area contributed by atoms with E-state index in [1.807, 2.05) is 30.3 Å². The second-order valence-electron chi connectivity index (χ2n) is 8.92. The molecule has 26 heavy (non-hydrogen) atoms. The van der Waals surface area contributed by atoms with Gasteiger partial charge < -0.3 is 10.0 Å². The van der Waals surface area contributed by atoms with E-state index in [9.17, 15) is 9.90 Å². The van der Waals surface area contributed by atoms with Crippen LogP contribution in [0, 0.1) is 5.92 Å². The predicted octanol–water partition coefficient (Wildman–Crippen LogP) is 1.22. The fourth-order valence-corrected chi connectivity index (χ4v) is 5.20. The minimum Gasteiger partial charge on any atom is -0.392 e. The highest BCUT2D eigenvalue weighted by molar-refractivity contribution is 5.79. The highest BCUT2D eigenvalue weighted by Gasteiger charge is 2.56. The molecule has 3 saturated heterocycles. The Morgan fingerprint density at radius 2 is 1.92 bits per heavy atom. The number of fused-ring (bicyclic) bond motifs is 2. The quantitative estimate of drug-likeness (QED) is 0.880. The number of β-amino-alcohol motifs (C(OH)–C–C–N with tert-alkyl or cyclic N) is 1. The number of carbonyl (C=O) groups is 1. The van der Waals surface area contributed by atoms with Crippen LogP contribution in [0.25, 0.3) is 0 Å². The van der Waals surface area contributed by atoms with Crippen LogP contribution in [0.15, 0.2) is 30.3 Å². The number of likely N-dealkylation sites (tertiary alicyclic amines) is 1. The Labute approximate surface area is 156 Å². The number of piperazine rings is 1. The average molecular weight is 357 g/mol. The standard InChI is InChI=1S/C21H31N3O2/c1-16(2)10-22-13-21(14-22)15-23(11-18-9-19(25)12-24(18)21)20(26)8-17-6-4-3-5-7-17/h3-7,16,18-19,25H,8-15H2,1-2H3/t18-,19+/m0/s1. The molecule has 0 saturated carbocycles. The summed E-state index contributed by atoms with van der Waals surface area (Å²) >= 11 is 0. The summed E-state index contributed by atoms with van der Waals surface area (Å²) in [6, 6.07) is 10.3. The van der Waals surface area contributed by atoms with E-state index in [2.05, 4.69) is 28.5 Å².